The van der Waals surface area contributed by atoms with Crippen molar-refractivity contribution >= 4 is 17.3 Å². The molecule has 0 N–H and O–H groups in total. The van der Waals surface area contributed by atoms with Gasteiger partial charge in [0.15, 0.2) is 6.61 Å². The lowest BCUT2D eigenvalue weighted by molar-refractivity contribution is -0.157. The first-order valence-electron chi connectivity index (χ1n) is 6.39. The third kappa shape index (κ3) is 4.82. The highest BCUT2D eigenvalue weighted by Gasteiger charge is 2.17. The van der Waals surface area contributed by atoms with Crippen molar-refractivity contribution in [3.63, 3.8) is 0 Å². The predicted octanol–water partition coefficient (Wildman–Crippen LogP) is 3.67. The van der Waals surface area contributed by atoms with Gasteiger partial charge in [-0.1, -0.05) is 11.3 Å². The Hall–Kier alpha value is -1.95. The van der Waals surface area contributed by atoms with Gasteiger partial charge < -0.3 is 9.47 Å². The van der Waals surface area contributed by atoms with Crippen LogP contribution in [0.4, 0.5) is 4.39 Å². The summed E-state index contributed by atoms with van der Waals surface area (Å²) in [6.45, 7) is 5.19. The molecular formula is C15H16FNO3S. The van der Waals surface area contributed by atoms with Gasteiger partial charge in [0.1, 0.15) is 11.4 Å². The molecule has 0 unspecified atom stereocenters. The van der Waals surface area contributed by atoms with E-state index in [4.69, 9.17) is 9.47 Å². The van der Waals surface area contributed by atoms with Crippen LogP contribution in [-0.2, 0) is 9.53 Å². The molecule has 0 saturated carbocycles. The smallest absolute Gasteiger partial charge is 0.344 e. The number of benzene rings is 1. The maximum Gasteiger partial charge on any atom is 0.344 e. The molecule has 2 rings (SSSR count). The lowest BCUT2D eigenvalue weighted by atomic mass is 10.2. The molecule has 0 bridgehead atoms. The second-order valence-electron chi connectivity index (χ2n) is 5.38. The summed E-state index contributed by atoms with van der Waals surface area (Å²) in [5, 5.41) is 2.16. The Morgan fingerprint density at radius 2 is 1.95 bits per heavy atom. The van der Waals surface area contributed by atoms with Gasteiger partial charge in [-0.2, -0.15) is 0 Å². The summed E-state index contributed by atoms with van der Waals surface area (Å²) in [6, 6.07) is 6.02. The van der Waals surface area contributed by atoms with E-state index >= 15 is 0 Å². The molecule has 21 heavy (non-hydrogen) atoms. The number of rotatable bonds is 4. The molecule has 1 aromatic carbocycles. The highest BCUT2D eigenvalue weighted by Crippen LogP contribution is 2.26. The largest absolute Gasteiger partial charge is 0.458 e. The van der Waals surface area contributed by atoms with Gasteiger partial charge in [0.2, 0.25) is 0 Å². The fourth-order valence-corrected chi connectivity index (χ4v) is 2.25. The number of halogens is 1. The van der Waals surface area contributed by atoms with Crippen molar-refractivity contribution in [1.82, 2.24) is 4.98 Å². The van der Waals surface area contributed by atoms with Crippen LogP contribution in [0.5, 0.6) is 5.19 Å². The Balaban J connectivity index is 1.94. The Bertz CT molecular complexity index is 617. The average Bonchev–Trinajstić information content (AvgIpc) is 2.84. The molecule has 0 aliphatic carbocycles. The molecule has 2 aromatic rings. The summed E-state index contributed by atoms with van der Waals surface area (Å²) in [5.41, 5.74) is 0.932. The topological polar surface area (TPSA) is 48.4 Å². The number of hydrogen-bond acceptors (Lipinski definition) is 5. The van der Waals surface area contributed by atoms with Crippen molar-refractivity contribution in [2.24, 2.45) is 0 Å². The predicted molar refractivity (Wildman–Crippen MR) is 78.8 cm³/mol. The molecule has 0 saturated heterocycles. The van der Waals surface area contributed by atoms with Gasteiger partial charge in [0, 0.05) is 10.9 Å². The van der Waals surface area contributed by atoms with Gasteiger partial charge in [0.25, 0.3) is 5.19 Å². The van der Waals surface area contributed by atoms with Gasteiger partial charge in [-0.25, -0.2) is 14.2 Å². The van der Waals surface area contributed by atoms with Crippen LogP contribution in [0, 0.1) is 5.82 Å². The number of esters is 1. The van der Waals surface area contributed by atoms with Crippen molar-refractivity contribution in [2.45, 2.75) is 26.4 Å². The summed E-state index contributed by atoms with van der Waals surface area (Å²) < 4.78 is 23.3. The van der Waals surface area contributed by atoms with Gasteiger partial charge in [0.05, 0.1) is 5.69 Å². The minimum Gasteiger partial charge on any atom is -0.458 e. The van der Waals surface area contributed by atoms with Crippen molar-refractivity contribution in [1.29, 1.82) is 0 Å². The number of aromatic nitrogens is 1. The van der Waals surface area contributed by atoms with Crippen LogP contribution >= 0.6 is 11.3 Å². The average molecular weight is 309 g/mol. The Morgan fingerprint density at radius 1 is 1.29 bits per heavy atom. The maximum atomic E-state index is 12.9. The van der Waals surface area contributed by atoms with Crippen LogP contribution in [0.2, 0.25) is 0 Å². The third-order valence-electron chi connectivity index (χ3n) is 2.36. The van der Waals surface area contributed by atoms with E-state index < -0.39 is 11.6 Å². The normalized spacial score (nSPS) is 11.2. The highest BCUT2D eigenvalue weighted by molar-refractivity contribution is 7.11. The summed E-state index contributed by atoms with van der Waals surface area (Å²) in [5.74, 6) is -0.739. The van der Waals surface area contributed by atoms with Crippen LogP contribution in [0.3, 0.4) is 0 Å². The quantitative estimate of drug-likeness (QED) is 0.809. The maximum absolute atomic E-state index is 12.9. The van der Waals surface area contributed by atoms with E-state index in [1.54, 1.807) is 38.3 Å². The standard InChI is InChI=1S/C15H16FNO3S/c1-15(2,3)20-13(18)8-19-14-17-12(9-21-14)10-4-6-11(16)7-5-10/h4-7,9H,8H2,1-3H3. The van der Waals surface area contributed by atoms with Gasteiger partial charge in [-0.15, -0.1) is 0 Å². The summed E-state index contributed by atoms with van der Waals surface area (Å²) in [6.07, 6.45) is 0. The van der Waals surface area contributed by atoms with E-state index in [0.29, 0.717) is 10.9 Å². The van der Waals surface area contributed by atoms with E-state index in [-0.39, 0.29) is 12.4 Å². The first kappa shape index (κ1) is 15.4. The van der Waals surface area contributed by atoms with Crippen LogP contribution in [0.25, 0.3) is 11.3 Å². The second-order valence-corrected chi connectivity index (χ2v) is 6.20. The molecule has 0 aliphatic rings. The second kappa shape index (κ2) is 6.22. The first-order valence-corrected chi connectivity index (χ1v) is 7.27. The minimum atomic E-state index is -0.539. The Kier molecular flexibility index (Phi) is 4.57. The lowest BCUT2D eigenvalue weighted by Gasteiger charge is -2.19. The van der Waals surface area contributed by atoms with Crippen molar-refractivity contribution in [3.05, 3.63) is 35.5 Å². The number of hydrogen-bond donors (Lipinski definition) is 0. The Labute approximate surface area is 126 Å². The molecule has 0 radical (unpaired) electrons. The highest BCUT2D eigenvalue weighted by atomic mass is 32.1. The van der Waals surface area contributed by atoms with E-state index in [1.807, 2.05) is 0 Å². The van der Waals surface area contributed by atoms with E-state index in [2.05, 4.69) is 4.98 Å². The van der Waals surface area contributed by atoms with Crippen LogP contribution in [-0.4, -0.2) is 23.2 Å². The summed E-state index contributed by atoms with van der Waals surface area (Å²) >= 11 is 1.27. The molecule has 4 nitrogen and oxygen atoms in total. The van der Waals surface area contributed by atoms with Gasteiger partial charge in [-0.05, 0) is 45.0 Å². The fourth-order valence-electron chi connectivity index (χ4n) is 1.57. The molecule has 1 aromatic heterocycles. The fraction of sp³-hybridized carbons (Fsp3) is 0.333. The number of carbonyl (C=O) groups excluding carboxylic acids is 1. The molecule has 6 heteroatoms. The number of carbonyl (C=O) groups is 1. The zero-order valence-corrected chi connectivity index (χ0v) is 12.9. The monoisotopic (exact) mass is 309 g/mol. The summed E-state index contributed by atoms with van der Waals surface area (Å²) in [4.78, 5) is 15.8. The zero-order chi connectivity index (χ0) is 15.5. The molecular weight excluding hydrogens is 293 g/mol. The SMILES string of the molecule is CC(C)(C)OC(=O)COc1nc(-c2ccc(F)cc2)cs1. The van der Waals surface area contributed by atoms with E-state index in [9.17, 15) is 9.18 Å². The van der Waals surface area contributed by atoms with Crippen molar-refractivity contribution in [3.8, 4) is 16.5 Å². The molecule has 0 spiro atoms. The van der Waals surface area contributed by atoms with Crippen LogP contribution in [0.15, 0.2) is 29.6 Å². The molecule has 112 valence electrons. The van der Waals surface area contributed by atoms with E-state index in [1.165, 1.54) is 23.5 Å². The first-order chi connectivity index (χ1) is 9.83. The van der Waals surface area contributed by atoms with Crippen LogP contribution < -0.4 is 4.74 Å². The lowest BCUT2D eigenvalue weighted by Crippen LogP contribution is -2.27. The van der Waals surface area contributed by atoms with Gasteiger partial charge in [-0.3, -0.25) is 0 Å². The van der Waals surface area contributed by atoms with Gasteiger partial charge >= 0.3 is 5.97 Å². The summed E-state index contributed by atoms with van der Waals surface area (Å²) in [7, 11) is 0. The number of ether oxygens (including phenoxy) is 2. The molecule has 0 fully saturated rings. The van der Waals surface area contributed by atoms with Crippen molar-refractivity contribution in [2.75, 3.05) is 6.61 Å². The molecule has 0 atom stereocenters. The molecule has 1 heterocycles. The van der Waals surface area contributed by atoms with Crippen LogP contribution in [0.1, 0.15) is 20.8 Å². The third-order valence-corrected chi connectivity index (χ3v) is 3.11. The van der Waals surface area contributed by atoms with Crippen molar-refractivity contribution < 1.29 is 18.7 Å². The Morgan fingerprint density at radius 3 is 2.57 bits per heavy atom. The number of thiazole rings is 1. The zero-order valence-electron chi connectivity index (χ0n) is 12.1. The minimum absolute atomic E-state index is 0.187. The number of nitrogens with zero attached hydrogens (tertiary/aromatic N) is 1. The molecule has 0 amide bonds. The van der Waals surface area contributed by atoms with E-state index in [0.717, 1.165) is 5.56 Å². The molecule has 0 aliphatic heterocycles.